The molecule has 0 saturated heterocycles. The van der Waals surface area contributed by atoms with Crippen molar-refractivity contribution in [1.82, 2.24) is 0 Å². The van der Waals surface area contributed by atoms with E-state index in [1.165, 1.54) is 18.2 Å². The van der Waals surface area contributed by atoms with Gasteiger partial charge in [0.1, 0.15) is 5.82 Å². The molecule has 92 valence electrons. The highest BCUT2D eigenvalue weighted by Gasteiger charge is 2.09. The number of rotatable bonds is 2. The average Bonchev–Trinajstić information content (AvgIpc) is 2.34. The standard InChI is InChI=1S/C14H13FN2O/c1-9-3-2-4-10(7-9)14(18)17-13-8-11(16)5-6-12(13)15/h2-8H,16H2,1H3,(H,17,18). The van der Waals surface area contributed by atoms with E-state index in [1.54, 1.807) is 18.2 Å². The van der Waals surface area contributed by atoms with E-state index >= 15 is 0 Å². The Morgan fingerprint density at radius 2 is 2.00 bits per heavy atom. The summed E-state index contributed by atoms with van der Waals surface area (Å²) in [4.78, 5) is 11.9. The van der Waals surface area contributed by atoms with E-state index in [9.17, 15) is 9.18 Å². The predicted octanol–water partition coefficient (Wildman–Crippen LogP) is 2.97. The molecule has 0 fully saturated rings. The normalized spacial score (nSPS) is 10.1. The molecule has 0 aliphatic rings. The van der Waals surface area contributed by atoms with Gasteiger partial charge in [-0.1, -0.05) is 17.7 Å². The maximum Gasteiger partial charge on any atom is 0.255 e. The number of halogens is 1. The van der Waals surface area contributed by atoms with Gasteiger partial charge >= 0.3 is 0 Å². The zero-order valence-electron chi connectivity index (χ0n) is 9.91. The fraction of sp³-hybridized carbons (Fsp3) is 0.0714. The fourth-order valence-corrected chi connectivity index (χ4v) is 1.62. The van der Waals surface area contributed by atoms with Crippen molar-refractivity contribution < 1.29 is 9.18 Å². The Balaban J connectivity index is 2.24. The highest BCUT2D eigenvalue weighted by Crippen LogP contribution is 2.18. The molecule has 3 nitrogen and oxygen atoms in total. The summed E-state index contributed by atoms with van der Waals surface area (Å²) in [5, 5.41) is 2.50. The number of anilines is 2. The first-order valence-electron chi connectivity index (χ1n) is 5.49. The molecule has 0 bridgehead atoms. The van der Waals surface area contributed by atoms with Crippen LogP contribution in [0.4, 0.5) is 15.8 Å². The second kappa shape index (κ2) is 4.87. The molecule has 1 amide bonds. The Kier molecular flexibility index (Phi) is 3.28. The van der Waals surface area contributed by atoms with Crippen LogP contribution in [0.5, 0.6) is 0 Å². The van der Waals surface area contributed by atoms with Crippen LogP contribution in [0.1, 0.15) is 15.9 Å². The molecule has 0 unspecified atom stereocenters. The smallest absolute Gasteiger partial charge is 0.255 e. The molecule has 0 radical (unpaired) electrons. The highest BCUT2D eigenvalue weighted by atomic mass is 19.1. The quantitative estimate of drug-likeness (QED) is 0.798. The number of aryl methyl sites for hydroxylation is 1. The molecule has 4 heteroatoms. The molecular weight excluding hydrogens is 231 g/mol. The first-order chi connectivity index (χ1) is 8.56. The maximum absolute atomic E-state index is 13.5. The maximum atomic E-state index is 13.5. The van der Waals surface area contributed by atoms with Crippen molar-refractivity contribution in [1.29, 1.82) is 0 Å². The van der Waals surface area contributed by atoms with E-state index in [2.05, 4.69) is 5.32 Å². The molecule has 18 heavy (non-hydrogen) atoms. The molecule has 0 atom stereocenters. The van der Waals surface area contributed by atoms with Crippen molar-refractivity contribution in [3.63, 3.8) is 0 Å². The SMILES string of the molecule is Cc1cccc(C(=O)Nc2cc(N)ccc2F)c1. The van der Waals surface area contributed by atoms with Gasteiger partial charge in [0.25, 0.3) is 5.91 Å². The lowest BCUT2D eigenvalue weighted by Crippen LogP contribution is -2.13. The molecule has 2 aromatic carbocycles. The van der Waals surface area contributed by atoms with E-state index in [1.807, 2.05) is 13.0 Å². The third kappa shape index (κ3) is 2.66. The van der Waals surface area contributed by atoms with Crippen LogP contribution in [0.3, 0.4) is 0 Å². The van der Waals surface area contributed by atoms with Crippen LogP contribution < -0.4 is 11.1 Å². The number of hydrogen-bond acceptors (Lipinski definition) is 2. The molecule has 0 aliphatic carbocycles. The van der Waals surface area contributed by atoms with E-state index in [0.717, 1.165) is 5.56 Å². The minimum absolute atomic E-state index is 0.0847. The van der Waals surface area contributed by atoms with Gasteiger partial charge in [0.05, 0.1) is 5.69 Å². The van der Waals surface area contributed by atoms with Crippen molar-refractivity contribution >= 4 is 17.3 Å². The van der Waals surface area contributed by atoms with Gasteiger partial charge in [-0.3, -0.25) is 4.79 Å². The van der Waals surface area contributed by atoms with Gasteiger partial charge < -0.3 is 11.1 Å². The van der Waals surface area contributed by atoms with Gasteiger partial charge in [0.15, 0.2) is 0 Å². The second-order valence-electron chi connectivity index (χ2n) is 4.06. The zero-order valence-corrected chi connectivity index (χ0v) is 9.91. The van der Waals surface area contributed by atoms with Gasteiger partial charge in [0, 0.05) is 11.3 Å². The van der Waals surface area contributed by atoms with Gasteiger partial charge in [-0.15, -0.1) is 0 Å². The predicted molar refractivity (Wildman–Crippen MR) is 69.9 cm³/mol. The molecule has 2 rings (SSSR count). The summed E-state index contributed by atoms with van der Waals surface area (Å²) in [6.45, 7) is 1.89. The minimum atomic E-state index is -0.509. The van der Waals surface area contributed by atoms with Crippen LogP contribution in [-0.4, -0.2) is 5.91 Å². The summed E-state index contributed by atoms with van der Waals surface area (Å²) < 4.78 is 13.5. The highest BCUT2D eigenvalue weighted by molar-refractivity contribution is 6.04. The number of benzene rings is 2. The van der Waals surface area contributed by atoms with E-state index in [-0.39, 0.29) is 11.6 Å². The van der Waals surface area contributed by atoms with Crippen LogP contribution in [0, 0.1) is 12.7 Å². The van der Waals surface area contributed by atoms with Gasteiger partial charge in [-0.05, 0) is 37.3 Å². The summed E-state index contributed by atoms with van der Waals surface area (Å²) in [6, 6.07) is 11.1. The zero-order chi connectivity index (χ0) is 13.1. The molecule has 0 saturated carbocycles. The lowest BCUT2D eigenvalue weighted by Gasteiger charge is -2.07. The van der Waals surface area contributed by atoms with Gasteiger partial charge in [0.2, 0.25) is 0 Å². The molecule has 0 heterocycles. The second-order valence-corrected chi connectivity index (χ2v) is 4.06. The molecule has 3 N–H and O–H groups in total. The Morgan fingerprint density at radius 1 is 1.22 bits per heavy atom. The van der Waals surface area contributed by atoms with Crippen molar-refractivity contribution in [2.45, 2.75) is 6.92 Å². The third-order valence-electron chi connectivity index (χ3n) is 2.52. The topological polar surface area (TPSA) is 55.1 Å². The van der Waals surface area contributed by atoms with Gasteiger partial charge in [-0.25, -0.2) is 4.39 Å². The average molecular weight is 244 g/mol. The number of hydrogen-bond donors (Lipinski definition) is 2. The first-order valence-corrected chi connectivity index (χ1v) is 5.49. The van der Waals surface area contributed by atoms with Crippen LogP contribution >= 0.6 is 0 Å². The van der Waals surface area contributed by atoms with Crippen LogP contribution in [0.2, 0.25) is 0 Å². The molecule has 0 aromatic heterocycles. The summed E-state index contributed by atoms with van der Waals surface area (Å²) in [5.41, 5.74) is 7.48. The first kappa shape index (κ1) is 12.1. The van der Waals surface area contributed by atoms with Crippen molar-refractivity contribution in [3.05, 3.63) is 59.4 Å². The van der Waals surface area contributed by atoms with Crippen LogP contribution in [0.25, 0.3) is 0 Å². The number of nitrogens with two attached hydrogens (primary N) is 1. The summed E-state index contributed by atoms with van der Waals surface area (Å²) in [7, 11) is 0. The minimum Gasteiger partial charge on any atom is -0.399 e. The summed E-state index contributed by atoms with van der Waals surface area (Å²) >= 11 is 0. The Morgan fingerprint density at radius 3 is 2.72 bits per heavy atom. The van der Waals surface area contributed by atoms with Crippen molar-refractivity contribution in [3.8, 4) is 0 Å². The fourth-order valence-electron chi connectivity index (χ4n) is 1.62. The molecule has 2 aromatic rings. The van der Waals surface area contributed by atoms with E-state index in [4.69, 9.17) is 5.73 Å². The van der Waals surface area contributed by atoms with Crippen molar-refractivity contribution in [2.75, 3.05) is 11.1 Å². The Bertz CT molecular complexity index is 596. The largest absolute Gasteiger partial charge is 0.399 e. The monoisotopic (exact) mass is 244 g/mol. The van der Waals surface area contributed by atoms with E-state index in [0.29, 0.717) is 11.3 Å². The summed E-state index contributed by atoms with van der Waals surface area (Å²) in [5.74, 6) is -0.867. The van der Waals surface area contributed by atoms with Crippen LogP contribution in [-0.2, 0) is 0 Å². The van der Waals surface area contributed by atoms with E-state index < -0.39 is 5.82 Å². The van der Waals surface area contributed by atoms with Crippen molar-refractivity contribution in [2.24, 2.45) is 0 Å². The molecule has 0 spiro atoms. The summed E-state index contributed by atoms with van der Waals surface area (Å²) in [6.07, 6.45) is 0. The number of carbonyl (C=O) groups is 1. The van der Waals surface area contributed by atoms with Gasteiger partial charge in [-0.2, -0.15) is 0 Å². The van der Waals surface area contributed by atoms with Crippen LogP contribution in [0.15, 0.2) is 42.5 Å². The molecule has 0 aliphatic heterocycles. The number of carbonyl (C=O) groups excluding carboxylic acids is 1. The molecular formula is C14H13FN2O. The number of amides is 1. The Labute approximate surface area is 104 Å². The Hall–Kier alpha value is -2.36. The lowest BCUT2D eigenvalue weighted by atomic mass is 10.1. The number of nitrogens with one attached hydrogen (secondary N) is 1. The number of nitrogen functional groups attached to an aromatic ring is 1. The third-order valence-corrected chi connectivity index (χ3v) is 2.52. The lowest BCUT2D eigenvalue weighted by molar-refractivity contribution is 0.102.